The summed E-state index contributed by atoms with van der Waals surface area (Å²) in [6.07, 6.45) is 2.50. The number of benzene rings is 1. The highest BCUT2D eigenvalue weighted by Gasteiger charge is 2.19. The van der Waals surface area contributed by atoms with Gasteiger partial charge in [0, 0.05) is 32.4 Å². The standard InChI is InChI=1S/C19H26FN7O3/c20-13-30-16-5-2-1-4-14(16)23-19(29)25-18-22-12-15(17(28)24-18)27-10-8-26(9-11-27)7-3-6-21/h1-2,4-5,12H,3,6-11,13,21H2,(H3,22,23,24,25,28,29). The van der Waals surface area contributed by atoms with Crippen molar-refractivity contribution in [1.29, 1.82) is 0 Å². The zero-order chi connectivity index (χ0) is 21.3. The first-order chi connectivity index (χ1) is 14.6. The lowest BCUT2D eigenvalue weighted by molar-refractivity contribution is 0.192. The molecule has 0 spiro atoms. The van der Waals surface area contributed by atoms with E-state index in [0.29, 0.717) is 31.0 Å². The minimum absolute atomic E-state index is 0.00622. The maximum absolute atomic E-state index is 12.4. The Hall–Kier alpha value is -3.18. The van der Waals surface area contributed by atoms with E-state index < -0.39 is 18.5 Å². The van der Waals surface area contributed by atoms with E-state index >= 15 is 0 Å². The molecule has 30 heavy (non-hydrogen) atoms. The monoisotopic (exact) mass is 419 g/mol. The minimum Gasteiger partial charge on any atom is -0.461 e. The molecule has 2 aromatic rings. The maximum Gasteiger partial charge on any atom is 0.326 e. The summed E-state index contributed by atoms with van der Waals surface area (Å²) in [6.45, 7) is 3.74. The van der Waals surface area contributed by atoms with Crippen LogP contribution in [0.3, 0.4) is 0 Å². The molecule has 11 heteroatoms. The van der Waals surface area contributed by atoms with Gasteiger partial charge in [0.15, 0.2) is 0 Å². The molecule has 3 rings (SSSR count). The lowest BCUT2D eigenvalue weighted by Gasteiger charge is -2.35. The van der Waals surface area contributed by atoms with E-state index in [1.807, 2.05) is 4.90 Å². The van der Waals surface area contributed by atoms with Crippen LogP contribution >= 0.6 is 0 Å². The average molecular weight is 419 g/mol. The van der Waals surface area contributed by atoms with E-state index in [1.54, 1.807) is 24.4 Å². The number of aromatic nitrogens is 2. The third kappa shape index (κ3) is 5.67. The molecule has 0 bridgehead atoms. The Bertz CT molecular complexity index is 900. The van der Waals surface area contributed by atoms with Crippen molar-refractivity contribution in [2.75, 3.05) is 61.7 Å². The molecule has 2 amide bonds. The minimum atomic E-state index is -1.02. The Morgan fingerprint density at radius 1 is 1.23 bits per heavy atom. The number of hydrogen-bond acceptors (Lipinski definition) is 7. The third-order valence-corrected chi connectivity index (χ3v) is 4.75. The Balaban J connectivity index is 1.58. The van der Waals surface area contributed by atoms with Gasteiger partial charge in [-0.2, -0.15) is 4.98 Å². The van der Waals surface area contributed by atoms with Gasteiger partial charge in [-0.1, -0.05) is 12.1 Å². The number of anilines is 3. The van der Waals surface area contributed by atoms with Gasteiger partial charge in [0.1, 0.15) is 11.4 Å². The predicted molar refractivity (Wildman–Crippen MR) is 113 cm³/mol. The van der Waals surface area contributed by atoms with Crippen molar-refractivity contribution in [2.45, 2.75) is 6.42 Å². The molecule has 1 aromatic carbocycles. The Morgan fingerprint density at radius 2 is 2.00 bits per heavy atom. The molecule has 5 N–H and O–H groups in total. The molecule has 1 aliphatic rings. The number of aromatic amines is 1. The number of nitrogens with one attached hydrogen (secondary N) is 3. The van der Waals surface area contributed by atoms with Crippen LogP contribution in [0.2, 0.25) is 0 Å². The first-order valence-electron chi connectivity index (χ1n) is 9.73. The SMILES string of the molecule is NCCCN1CCN(c2c[nH]c(NC(=O)Nc3ccccc3OCF)nc2=O)CC1. The zero-order valence-electron chi connectivity index (χ0n) is 16.6. The van der Waals surface area contributed by atoms with Gasteiger partial charge in [-0.25, -0.2) is 9.18 Å². The number of carbonyl (C=O) groups excluding carboxylic acids is 1. The summed E-state index contributed by atoms with van der Waals surface area (Å²) in [5.41, 5.74) is 5.87. The highest BCUT2D eigenvalue weighted by atomic mass is 19.1. The van der Waals surface area contributed by atoms with E-state index in [4.69, 9.17) is 10.5 Å². The van der Waals surface area contributed by atoms with E-state index in [2.05, 4.69) is 25.5 Å². The first kappa shape index (κ1) is 21.5. The second kappa shape index (κ2) is 10.6. The smallest absolute Gasteiger partial charge is 0.326 e. The van der Waals surface area contributed by atoms with Gasteiger partial charge in [-0.3, -0.25) is 15.0 Å². The van der Waals surface area contributed by atoms with Crippen LogP contribution in [0.25, 0.3) is 0 Å². The van der Waals surface area contributed by atoms with Crippen molar-refractivity contribution >= 4 is 23.4 Å². The first-order valence-corrected chi connectivity index (χ1v) is 9.73. The highest BCUT2D eigenvalue weighted by molar-refractivity contribution is 5.99. The van der Waals surface area contributed by atoms with Crippen LogP contribution in [0.1, 0.15) is 6.42 Å². The van der Waals surface area contributed by atoms with Gasteiger partial charge in [0.25, 0.3) is 5.56 Å². The molecule has 162 valence electrons. The fraction of sp³-hybridized carbons (Fsp3) is 0.421. The van der Waals surface area contributed by atoms with Crippen LogP contribution in [-0.4, -0.2) is 67.0 Å². The van der Waals surface area contributed by atoms with E-state index in [-0.39, 0.29) is 11.7 Å². The summed E-state index contributed by atoms with van der Waals surface area (Å²) in [4.78, 5) is 35.7. The summed E-state index contributed by atoms with van der Waals surface area (Å²) in [6, 6.07) is 5.78. The van der Waals surface area contributed by atoms with E-state index in [9.17, 15) is 14.0 Å². The molecule has 10 nitrogen and oxygen atoms in total. The number of halogens is 1. The van der Waals surface area contributed by atoms with Crippen molar-refractivity contribution in [3.05, 3.63) is 40.8 Å². The normalized spacial score (nSPS) is 14.4. The number of rotatable bonds is 8. The van der Waals surface area contributed by atoms with Gasteiger partial charge >= 0.3 is 6.03 Å². The third-order valence-electron chi connectivity index (χ3n) is 4.75. The predicted octanol–water partition coefficient (Wildman–Crippen LogP) is 1.19. The van der Waals surface area contributed by atoms with Crippen LogP contribution in [0.4, 0.5) is 26.5 Å². The molecule has 2 heterocycles. The molecular weight excluding hydrogens is 393 g/mol. The number of nitrogens with zero attached hydrogens (tertiary/aromatic N) is 3. The van der Waals surface area contributed by atoms with E-state index in [0.717, 1.165) is 26.1 Å². The number of alkyl halides is 1. The Morgan fingerprint density at radius 3 is 2.70 bits per heavy atom. The van der Waals surface area contributed by atoms with Crippen LogP contribution in [0.5, 0.6) is 5.75 Å². The topological polar surface area (TPSA) is 129 Å². The quantitative estimate of drug-likeness (QED) is 0.506. The number of ether oxygens (including phenoxy) is 1. The Kier molecular flexibility index (Phi) is 7.57. The number of carbonyl (C=O) groups is 1. The van der Waals surface area contributed by atoms with Gasteiger partial charge in [0.2, 0.25) is 12.8 Å². The molecule has 0 atom stereocenters. The summed E-state index contributed by atoms with van der Waals surface area (Å²) in [5, 5.41) is 4.99. The lowest BCUT2D eigenvalue weighted by Crippen LogP contribution is -2.48. The number of hydrogen-bond donors (Lipinski definition) is 4. The highest BCUT2D eigenvalue weighted by Crippen LogP contribution is 2.23. The number of nitrogens with two attached hydrogens (primary N) is 1. The number of piperazine rings is 1. The van der Waals surface area contributed by atoms with Crippen LogP contribution in [0.15, 0.2) is 35.3 Å². The number of amides is 2. The van der Waals surface area contributed by atoms with Crippen LogP contribution in [-0.2, 0) is 0 Å². The van der Waals surface area contributed by atoms with Crippen molar-refractivity contribution in [3.63, 3.8) is 0 Å². The molecular formula is C19H26FN7O3. The second-order valence-corrected chi connectivity index (χ2v) is 6.74. The number of urea groups is 1. The van der Waals surface area contributed by atoms with Crippen LogP contribution in [0, 0.1) is 0 Å². The summed E-state index contributed by atoms with van der Waals surface area (Å²) in [7, 11) is 0. The van der Waals surface area contributed by atoms with Gasteiger partial charge in [-0.15, -0.1) is 0 Å². The van der Waals surface area contributed by atoms with Crippen molar-refractivity contribution in [1.82, 2.24) is 14.9 Å². The summed E-state index contributed by atoms with van der Waals surface area (Å²) in [5.74, 6) is 0.198. The van der Waals surface area contributed by atoms with E-state index in [1.165, 1.54) is 6.07 Å². The molecule has 0 unspecified atom stereocenters. The maximum atomic E-state index is 12.4. The lowest BCUT2D eigenvalue weighted by atomic mass is 10.2. The largest absolute Gasteiger partial charge is 0.461 e. The molecule has 0 aliphatic carbocycles. The fourth-order valence-electron chi connectivity index (χ4n) is 3.22. The molecule has 1 saturated heterocycles. The second-order valence-electron chi connectivity index (χ2n) is 6.74. The van der Waals surface area contributed by atoms with Crippen molar-refractivity contribution in [3.8, 4) is 5.75 Å². The fourth-order valence-corrected chi connectivity index (χ4v) is 3.22. The van der Waals surface area contributed by atoms with Gasteiger partial charge in [0.05, 0.1) is 5.69 Å². The van der Waals surface area contributed by atoms with Gasteiger partial charge in [-0.05, 0) is 31.6 Å². The molecule has 1 aromatic heterocycles. The van der Waals surface area contributed by atoms with Crippen LogP contribution < -0.4 is 31.6 Å². The summed E-state index contributed by atoms with van der Waals surface area (Å²) < 4.78 is 17.3. The molecule has 1 aliphatic heterocycles. The Labute approximate surface area is 173 Å². The zero-order valence-corrected chi connectivity index (χ0v) is 16.6. The number of para-hydroxylation sites is 2. The van der Waals surface area contributed by atoms with Gasteiger partial charge < -0.3 is 25.7 Å². The average Bonchev–Trinajstić information content (AvgIpc) is 2.74. The van der Waals surface area contributed by atoms with Crippen molar-refractivity contribution in [2.24, 2.45) is 5.73 Å². The number of H-pyrrole nitrogens is 1. The molecule has 0 radical (unpaired) electrons. The molecule has 0 saturated carbocycles. The summed E-state index contributed by atoms with van der Waals surface area (Å²) >= 11 is 0. The van der Waals surface area contributed by atoms with Crippen molar-refractivity contribution < 1.29 is 13.9 Å². The molecule has 1 fully saturated rings.